The number of carboxylic acids is 1. The molecule has 0 atom stereocenters. The van der Waals surface area contributed by atoms with Gasteiger partial charge in [-0.15, -0.1) is 0 Å². The molecule has 1 N–H and O–H groups in total. The van der Waals surface area contributed by atoms with Gasteiger partial charge in [-0.1, -0.05) is 32.9 Å². The normalized spacial score (nSPS) is 11.3. The van der Waals surface area contributed by atoms with Gasteiger partial charge >= 0.3 is 5.97 Å². The number of ether oxygens (including phenoxy) is 1. The molecule has 1 aromatic rings. The number of hydrogen-bond donors (Lipinski definition) is 1. The molecule has 0 saturated heterocycles. The van der Waals surface area contributed by atoms with Crippen molar-refractivity contribution in [3.63, 3.8) is 0 Å². The maximum atomic E-state index is 10.7. The number of carboxylic acid groups (broad SMARTS) is 1. The fraction of sp³-hybridized carbons (Fsp3) is 0.533. The van der Waals surface area contributed by atoms with Crippen LogP contribution in [0, 0.1) is 0 Å². The van der Waals surface area contributed by atoms with Crippen LogP contribution in [-0.4, -0.2) is 18.2 Å². The van der Waals surface area contributed by atoms with E-state index in [1.165, 1.54) is 5.56 Å². The van der Waals surface area contributed by atoms with Gasteiger partial charge in [0.15, 0.2) is 0 Å². The summed E-state index contributed by atoms with van der Waals surface area (Å²) in [5.41, 5.74) is 2.13. The summed E-state index contributed by atoms with van der Waals surface area (Å²) in [6.45, 7) is 6.23. The SMILES string of the molecule is CCc1ccc(OC)c(C(C)(C)CCC(=O)O)c1. The number of rotatable bonds is 6. The number of methoxy groups -OCH3 is 1. The monoisotopic (exact) mass is 250 g/mol. The van der Waals surface area contributed by atoms with Crippen LogP contribution in [0.1, 0.15) is 44.7 Å². The number of carbonyl (C=O) groups is 1. The second kappa shape index (κ2) is 5.89. The maximum absolute atomic E-state index is 10.7. The largest absolute Gasteiger partial charge is 0.496 e. The second-order valence-corrected chi connectivity index (χ2v) is 5.17. The third-order valence-electron chi connectivity index (χ3n) is 3.37. The van der Waals surface area contributed by atoms with Gasteiger partial charge < -0.3 is 9.84 Å². The third-order valence-corrected chi connectivity index (χ3v) is 3.37. The summed E-state index contributed by atoms with van der Waals surface area (Å²) >= 11 is 0. The zero-order valence-corrected chi connectivity index (χ0v) is 11.6. The van der Waals surface area contributed by atoms with Crippen molar-refractivity contribution in [2.45, 2.75) is 45.4 Å². The van der Waals surface area contributed by atoms with Crippen molar-refractivity contribution in [1.29, 1.82) is 0 Å². The van der Waals surface area contributed by atoms with Crippen LogP contribution in [0.4, 0.5) is 0 Å². The molecular weight excluding hydrogens is 228 g/mol. The van der Waals surface area contributed by atoms with Crippen molar-refractivity contribution >= 4 is 5.97 Å². The Morgan fingerprint density at radius 3 is 2.56 bits per heavy atom. The Hall–Kier alpha value is -1.51. The van der Waals surface area contributed by atoms with Gasteiger partial charge in [-0.2, -0.15) is 0 Å². The Balaban J connectivity index is 3.07. The minimum absolute atomic E-state index is 0.173. The molecule has 100 valence electrons. The third kappa shape index (κ3) is 3.49. The van der Waals surface area contributed by atoms with E-state index in [1.54, 1.807) is 7.11 Å². The molecule has 0 bridgehead atoms. The van der Waals surface area contributed by atoms with Crippen LogP contribution in [0.15, 0.2) is 18.2 Å². The lowest BCUT2D eigenvalue weighted by Gasteiger charge is -2.27. The van der Waals surface area contributed by atoms with E-state index in [0.29, 0.717) is 6.42 Å². The summed E-state index contributed by atoms with van der Waals surface area (Å²) < 4.78 is 5.39. The Kier molecular flexibility index (Phi) is 4.76. The molecule has 18 heavy (non-hydrogen) atoms. The lowest BCUT2D eigenvalue weighted by atomic mass is 9.79. The molecule has 0 amide bonds. The minimum Gasteiger partial charge on any atom is -0.496 e. The number of aliphatic carboxylic acids is 1. The van der Waals surface area contributed by atoms with Crippen molar-refractivity contribution in [3.05, 3.63) is 29.3 Å². The van der Waals surface area contributed by atoms with Gasteiger partial charge in [0.1, 0.15) is 5.75 Å². The first-order chi connectivity index (χ1) is 8.40. The second-order valence-electron chi connectivity index (χ2n) is 5.17. The molecule has 0 aliphatic heterocycles. The Morgan fingerprint density at radius 2 is 2.06 bits per heavy atom. The smallest absolute Gasteiger partial charge is 0.303 e. The Labute approximate surface area is 109 Å². The van der Waals surface area contributed by atoms with E-state index in [1.807, 2.05) is 6.07 Å². The molecule has 0 unspecified atom stereocenters. The highest BCUT2D eigenvalue weighted by Gasteiger charge is 2.25. The van der Waals surface area contributed by atoms with Crippen LogP contribution in [0.2, 0.25) is 0 Å². The van der Waals surface area contributed by atoms with Crippen molar-refractivity contribution in [2.24, 2.45) is 0 Å². The molecule has 1 rings (SSSR count). The van der Waals surface area contributed by atoms with E-state index >= 15 is 0 Å². The van der Waals surface area contributed by atoms with Crippen molar-refractivity contribution in [2.75, 3.05) is 7.11 Å². The van der Waals surface area contributed by atoms with Gasteiger partial charge in [0.25, 0.3) is 0 Å². The quantitative estimate of drug-likeness (QED) is 0.841. The lowest BCUT2D eigenvalue weighted by molar-refractivity contribution is -0.137. The number of hydrogen-bond acceptors (Lipinski definition) is 2. The van der Waals surface area contributed by atoms with Gasteiger partial charge in [-0.3, -0.25) is 4.79 Å². The molecule has 1 aromatic carbocycles. The van der Waals surface area contributed by atoms with Crippen LogP contribution >= 0.6 is 0 Å². The molecule has 0 aliphatic carbocycles. The first-order valence-electron chi connectivity index (χ1n) is 6.30. The van der Waals surface area contributed by atoms with E-state index in [2.05, 4.69) is 32.9 Å². The maximum Gasteiger partial charge on any atom is 0.303 e. The highest BCUT2D eigenvalue weighted by molar-refractivity contribution is 5.67. The predicted octanol–water partition coefficient (Wildman–Crippen LogP) is 3.40. The Morgan fingerprint density at radius 1 is 1.39 bits per heavy atom. The van der Waals surface area contributed by atoms with E-state index in [9.17, 15) is 4.79 Å². The van der Waals surface area contributed by atoms with Gasteiger partial charge in [-0.05, 0) is 29.9 Å². The summed E-state index contributed by atoms with van der Waals surface area (Å²) in [6, 6.07) is 6.15. The van der Waals surface area contributed by atoms with E-state index in [0.717, 1.165) is 17.7 Å². The lowest BCUT2D eigenvalue weighted by Crippen LogP contribution is -2.20. The zero-order chi connectivity index (χ0) is 13.8. The number of benzene rings is 1. The molecule has 0 spiro atoms. The summed E-state index contributed by atoms with van der Waals surface area (Å²) in [4.78, 5) is 10.7. The summed E-state index contributed by atoms with van der Waals surface area (Å²) in [5, 5.41) is 8.82. The van der Waals surface area contributed by atoms with Gasteiger partial charge in [-0.25, -0.2) is 0 Å². The Bertz CT molecular complexity index is 422. The summed E-state index contributed by atoms with van der Waals surface area (Å²) in [7, 11) is 1.65. The fourth-order valence-corrected chi connectivity index (χ4v) is 2.06. The minimum atomic E-state index is -0.756. The molecule has 0 radical (unpaired) electrons. The fourth-order valence-electron chi connectivity index (χ4n) is 2.06. The predicted molar refractivity (Wildman–Crippen MR) is 72.3 cm³/mol. The number of aryl methyl sites for hydroxylation is 1. The van der Waals surface area contributed by atoms with Gasteiger partial charge in [0.05, 0.1) is 7.11 Å². The van der Waals surface area contributed by atoms with Crippen molar-refractivity contribution in [1.82, 2.24) is 0 Å². The highest BCUT2D eigenvalue weighted by Crippen LogP contribution is 2.35. The molecule has 0 aromatic heterocycles. The van der Waals surface area contributed by atoms with E-state index in [4.69, 9.17) is 9.84 Å². The van der Waals surface area contributed by atoms with Crippen LogP contribution in [0.3, 0.4) is 0 Å². The average molecular weight is 250 g/mol. The molecule has 0 saturated carbocycles. The van der Waals surface area contributed by atoms with Crippen molar-refractivity contribution < 1.29 is 14.6 Å². The van der Waals surface area contributed by atoms with E-state index in [-0.39, 0.29) is 11.8 Å². The molecule has 3 heteroatoms. The zero-order valence-electron chi connectivity index (χ0n) is 11.6. The van der Waals surface area contributed by atoms with Crippen LogP contribution in [0.5, 0.6) is 5.75 Å². The first kappa shape index (κ1) is 14.6. The molecular formula is C15H22O3. The topological polar surface area (TPSA) is 46.5 Å². The molecule has 0 aliphatic rings. The molecule has 0 fully saturated rings. The first-order valence-corrected chi connectivity index (χ1v) is 6.30. The molecule has 3 nitrogen and oxygen atoms in total. The standard InChI is InChI=1S/C15H22O3/c1-5-11-6-7-13(18-4)12(10-11)15(2,3)9-8-14(16)17/h6-7,10H,5,8-9H2,1-4H3,(H,16,17). The summed E-state index contributed by atoms with van der Waals surface area (Å²) in [5.74, 6) is 0.0799. The van der Waals surface area contributed by atoms with Crippen LogP contribution in [-0.2, 0) is 16.6 Å². The summed E-state index contributed by atoms with van der Waals surface area (Å²) in [6.07, 6.45) is 1.74. The van der Waals surface area contributed by atoms with Crippen LogP contribution < -0.4 is 4.74 Å². The van der Waals surface area contributed by atoms with E-state index < -0.39 is 5.97 Å². The van der Waals surface area contributed by atoms with Gasteiger partial charge in [0.2, 0.25) is 0 Å². The van der Waals surface area contributed by atoms with Crippen LogP contribution in [0.25, 0.3) is 0 Å². The van der Waals surface area contributed by atoms with Crippen molar-refractivity contribution in [3.8, 4) is 5.75 Å². The average Bonchev–Trinajstić information content (AvgIpc) is 2.35. The van der Waals surface area contributed by atoms with Gasteiger partial charge in [0, 0.05) is 12.0 Å². The molecule has 0 heterocycles. The highest BCUT2D eigenvalue weighted by atomic mass is 16.5.